The molecule has 3 nitrogen and oxygen atoms in total. The lowest BCUT2D eigenvalue weighted by Gasteiger charge is -2.11. The summed E-state index contributed by atoms with van der Waals surface area (Å²) in [5.41, 5.74) is 6.18. The Bertz CT molecular complexity index is 200. The third-order valence-electron chi connectivity index (χ3n) is 1.76. The molecule has 0 radical (unpaired) electrons. The Balaban J connectivity index is 0.000000227. The number of rotatable bonds is 0. The van der Waals surface area contributed by atoms with Crippen LogP contribution in [0, 0.1) is 0 Å². The number of nitrogens with two attached hydrogens (primary N) is 1. The topological polar surface area (TPSA) is 50.1 Å². The van der Waals surface area contributed by atoms with Crippen molar-refractivity contribution in [2.75, 3.05) is 31.9 Å². The first-order chi connectivity index (χ1) is 6.39. The van der Waals surface area contributed by atoms with Crippen LogP contribution in [0.2, 0.25) is 0 Å². The van der Waals surface area contributed by atoms with Crippen LogP contribution < -0.4 is 16.4 Å². The van der Waals surface area contributed by atoms with E-state index in [0.717, 1.165) is 31.9 Å². The van der Waals surface area contributed by atoms with Gasteiger partial charge in [0.15, 0.2) is 0 Å². The van der Waals surface area contributed by atoms with Crippen molar-refractivity contribution >= 4 is 5.69 Å². The fraction of sp³-hybridized carbons (Fsp3) is 0.400. The molecule has 0 aliphatic carbocycles. The summed E-state index contributed by atoms with van der Waals surface area (Å²) >= 11 is 0. The minimum atomic E-state index is 0. The Labute approximate surface area is 80.8 Å². The molecule has 0 unspecified atom stereocenters. The maximum Gasteiger partial charge on any atom is 0.0313 e. The summed E-state index contributed by atoms with van der Waals surface area (Å²) < 4.78 is 0. The quantitative estimate of drug-likeness (QED) is 0.516. The average Bonchev–Trinajstić information content (AvgIpc) is 2.22. The second-order valence-electron chi connectivity index (χ2n) is 2.91. The smallest absolute Gasteiger partial charge is 0.0313 e. The zero-order valence-corrected chi connectivity index (χ0v) is 7.79. The number of benzene rings is 1. The molecule has 0 amide bonds. The Morgan fingerprint density at radius 3 is 1.62 bits per heavy atom. The molecule has 0 aromatic heterocycles. The van der Waals surface area contributed by atoms with Crippen LogP contribution in [0.1, 0.15) is 1.43 Å². The molecule has 1 aromatic carbocycles. The molecular formula is C10H19N3. The lowest BCUT2D eigenvalue weighted by molar-refractivity contribution is 0.534. The molecule has 13 heavy (non-hydrogen) atoms. The molecule has 1 aliphatic heterocycles. The molecule has 1 fully saturated rings. The highest BCUT2D eigenvalue weighted by molar-refractivity contribution is 5.35. The maximum atomic E-state index is 5.36. The molecule has 2 rings (SSSR count). The third kappa shape index (κ3) is 5.22. The molecule has 0 spiro atoms. The summed E-state index contributed by atoms with van der Waals surface area (Å²) in [7, 11) is 0. The van der Waals surface area contributed by atoms with E-state index in [-0.39, 0.29) is 1.43 Å². The Kier molecular flexibility index (Phi) is 4.98. The van der Waals surface area contributed by atoms with E-state index in [1.165, 1.54) is 0 Å². The second kappa shape index (κ2) is 6.46. The monoisotopic (exact) mass is 181 g/mol. The molecule has 3 heteroatoms. The molecule has 0 atom stereocenters. The highest BCUT2D eigenvalue weighted by Gasteiger charge is 1.91. The van der Waals surface area contributed by atoms with Gasteiger partial charge in [-0.15, -0.1) is 0 Å². The molecule has 1 saturated heterocycles. The van der Waals surface area contributed by atoms with Gasteiger partial charge in [0.05, 0.1) is 0 Å². The Morgan fingerprint density at radius 1 is 0.923 bits per heavy atom. The molecule has 74 valence electrons. The van der Waals surface area contributed by atoms with Crippen LogP contribution in [-0.4, -0.2) is 26.2 Å². The summed E-state index contributed by atoms with van der Waals surface area (Å²) in [5, 5.41) is 6.44. The number of piperazine rings is 1. The van der Waals surface area contributed by atoms with E-state index >= 15 is 0 Å². The Morgan fingerprint density at radius 2 is 1.38 bits per heavy atom. The maximum absolute atomic E-state index is 5.36. The van der Waals surface area contributed by atoms with Crippen molar-refractivity contribution in [2.45, 2.75) is 0 Å². The van der Waals surface area contributed by atoms with E-state index in [1.807, 2.05) is 30.3 Å². The van der Waals surface area contributed by atoms with Gasteiger partial charge >= 0.3 is 0 Å². The summed E-state index contributed by atoms with van der Waals surface area (Å²) in [6.45, 7) is 4.56. The van der Waals surface area contributed by atoms with Crippen molar-refractivity contribution in [2.24, 2.45) is 0 Å². The van der Waals surface area contributed by atoms with Gasteiger partial charge in [-0.3, -0.25) is 0 Å². The van der Waals surface area contributed by atoms with Gasteiger partial charge in [0.2, 0.25) is 0 Å². The van der Waals surface area contributed by atoms with Gasteiger partial charge < -0.3 is 16.4 Å². The minimum absolute atomic E-state index is 0. The standard InChI is InChI=1S/C6H7N.C4H10N2.H2/c7-6-4-2-1-3-5-6;1-2-6-4-3-5-1;/h1-5H,7H2;5-6H,1-4H2;1H. The number of nitrogen functional groups attached to an aromatic ring is 1. The molecule has 1 aliphatic rings. The first-order valence-electron chi connectivity index (χ1n) is 4.61. The highest BCUT2D eigenvalue weighted by Crippen LogP contribution is 1.95. The van der Waals surface area contributed by atoms with Crippen LogP contribution in [0.3, 0.4) is 0 Å². The highest BCUT2D eigenvalue weighted by atomic mass is 15.0. The molecule has 0 saturated carbocycles. The fourth-order valence-electron chi connectivity index (χ4n) is 1.06. The zero-order chi connectivity index (χ0) is 9.36. The van der Waals surface area contributed by atoms with Crippen LogP contribution in [0.4, 0.5) is 5.69 Å². The van der Waals surface area contributed by atoms with Crippen molar-refractivity contribution in [1.29, 1.82) is 0 Å². The zero-order valence-electron chi connectivity index (χ0n) is 7.79. The van der Waals surface area contributed by atoms with E-state index < -0.39 is 0 Å². The summed E-state index contributed by atoms with van der Waals surface area (Å²) in [6.07, 6.45) is 0. The first-order valence-corrected chi connectivity index (χ1v) is 4.61. The predicted octanol–water partition coefficient (Wildman–Crippen LogP) is 0.694. The number of hydrogen-bond acceptors (Lipinski definition) is 3. The molecule has 1 heterocycles. The minimum Gasteiger partial charge on any atom is -0.399 e. The molecule has 0 bridgehead atoms. The van der Waals surface area contributed by atoms with E-state index in [9.17, 15) is 0 Å². The van der Waals surface area contributed by atoms with Crippen molar-refractivity contribution in [1.82, 2.24) is 10.6 Å². The van der Waals surface area contributed by atoms with Gasteiger partial charge in [0, 0.05) is 33.3 Å². The van der Waals surface area contributed by atoms with Crippen LogP contribution in [0.5, 0.6) is 0 Å². The number of hydrogen-bond donors (Lipinski definition) is 3. The number of para-hydroxylation sites is 1. The average molecular weight is 181 g/mol. The van der Waals surface area contributed by atoms with Crippen LogP contribution in [-0.2, 0) is 0 Å². The third-order valence-corrected chi connectivity index (χ3v) is 1.76. The SMILES string of the molecule is C1CNCCN1.Nc1ccccc1.[HH]. The summed E-state index contributed by atoms with van der Waals surface area (Å²) in [5.74, 6) is 0. The van der Waals surface area contributed by atoms with Gasteiger partial charge in [-0.2, -0.15) is 0 Å². The molecule has 1 aromatic rings. The van der Waals surface area contributed by atoms with Crippen molar-refractivity contribution in [3.8, 4) is 0 Å². The van der Waals surface area contributed by atoms with Gasteiger partial charge in [-0.05, 0) is 12.1 Å². The molecule has 4 N–H and O–H groups in total. The van der Waals surface area contributed by atoms with E-state index in [4.69, 9.17) is 5.73 Å². The van der Waals surface area contributed by atoms with Gasteiger partial charge in [-0.25, -0.2) is 0 Å². The lowest BCUT2D eigenvalue weighted by atomic mass is 10.3. The van der Waals surface area contributed by atoms with Gasteiger partial charge in [0.25, 0.3) is 0 Å². The summed E-state index contributed by atoms with van der Waals surface area (Å²) in [6, 6.07) is 9.49. The fourth-order valence-corrected chi connectivity index (χ4v) is 1.06. The van der Waals surface area contributed by atoms with E-state index in [0.29, 0.717) is 0 Å². The largest absolute Gasteiger partial charge is 0.399 e. The van der Waals surface area contributed by atoms with Crippen molar-refractivity contribution < 1.29 is 1.43 Å². The second-order valence-corrected chi connectivity index (χ2v) is 2.91. The van der Waals surface area contributed by atoms with E-state index in [1.54, 1.807) is 0 Å². The lowest BCUT2D eigenvalue weighted by Crippen LogP contribution is -2.39. The van der Waals surface area contributed by atoms with Gasteiger partial charge in [-0.1, -0.05) is 18.2 Å². The van der Waals surface area contributed by atoms with Crippen LogP contribution >= 0.6 is 0 Å². The normalized spacial score (nSPS) is 15.7. The van der Waals surface area contributed by atoms with Crippen LogP contribution in [0.15, 0.2) is 30.3 Å². The van der Waals surface area contributed by atoms with Crippen LogP contribution in [0.25, 0.3) is 0 Å². The van der Waals surface area contributed by atoms with Crippen molar-refractivity contribution in [3.05, 3.63) is 30.3 Å². The number of nitrogens with one attached hydrogen (secondary N) is 2. The van der Waals surface area contributed by atoms with E-state index in [2.05, 4.69) is 10.6 Å². The van der Waals surface area contributed by atoms with Gasteiger partial charge in [0.1, 0.15) is 0 Å². The number of anilines is 1. The summed E-state index contributed by atoms with van der Waals surface area (Å²) in [4.78, 5) is 0. The predicted molar refractivity (Wildman–Crippen MR) is 58.7 cm³/mol. The molecular weight excluding hydrogens is 162 g/mol. The Hall–Kier alpha value is -1.06. The first kappa shape index (κ1) is 10.0. The van der Waals surface area contributed by atoms with Crippen molar-refractivity contribution in [3.63, 3.8) is 0 Å².